The molecule has 0 fully saturated rings. The lowest BCUT2D eigenvalue weighted by atomic mass is 10.3. The first-order valence-corrected chi connectivity index (χ1v) is 6.24. The number of aromatic nitrogens is 2. The van der Waals surface area contributed by atoms with Crippen LogP contribution in [0.5, 0.6) is 5.88 Å². The Balaban J connectivity index is 2.34. The van der Waals surface area contributed by atoms with Crippen LogP contribution in [0.3, 0.4) is 0 Å². The Kier molecular flexibility index (Phi) is 6.22. The summed E-state index contributed by atoms with van der Waals surface area (Å²) in [6.07, 6.45) is 2.21. The van der Waals surface area contributed by atoms with Crippen molar-refractivity contribution in [1.82, 2.24) is 9.97 Å². The Bertz CT molecular complexity index is 359. The van der Waals surface area contributed by atoms with Gasteiger partial charge in [-0.3, -0.25) is 0 Å². The number of halogens is 1. The van der Waals surface area contributed by atoms with E-state index >= 15 is 0 Å². The summed E-state index contributed by atoms with van der Waals surface area (Å²) in [5, 5.41) is 0.307. The highest BCUT2D eigenvalue weighted by Gasteiger charge is 2.07. The summed E-state index contributed by atoms with van der Waals surface area (Å²) >= 11 is 5.92. The molecule has 0 unspecified atom stereocenters. The summed E-state index contributed by atoms with van der Waals surface area (Å²) in [5.74, 6) is 0.383. The monoisotopic (exact) mass is 258 g/mol. The SMILES string of the molecule is CCCCOCCOc1nc(C)c(C)nc1Cl. The topological polar surface area (TPSA) is 44.2 Å². The van der Waals surface area contributed by atoms with Gasteiger partial charge in [0, 0.05) is 6.61 Å². The first-order valence-electron chi connectivity index (χ1n) is 5.86. The molecule has 0 aliphatic rings. The molecule has 1 rings (SSSR count). The van der Waals surface area contributed by atoms with Crippen LogP contribution in [0, 0.1) is 13.8 Å². The number of aryl methyl sites for hydroxylation is 2. The van der Waals surface area contributed by atoms with Crippen LogP contribution >= 0.6 is 11.6 Å². The van der Waals surface area contributed by atoms with E-state index in [1.54, 1.807) is 0 Å². The van der Waals surface area contributed by atoms with Gasteiger partial charge in [-0.05, 0) is 20.3 Å². The average molecular weight is 259 g/mol. The maximum Gasteiger partial charge on any atom is 0.252 e. The number of nitrogens with zero attached hydrogens (tertiary/aromatic N) is 2. The molecule has 96 valence electrons. The average Bonchev–Trinajstić information content (AvgIpc) is 2.30. The van der Waals surface area contributed by atoms with E-state index in [1.165, 1.54) is 0 Å². The predicted molar refractivity (Wildman–Crippen MR) is 67.7 cm³/mol. The van der Waals surface area contributed by atoms with Crippen LogP contribution in [0.4, 0.5) is 0 Å². The molecular formula is C12H19ClN2O2. The lowest BCUT2D eigenvalue weighted by molar-refractivity contribution is 0.0963. The van der Waals surface area contributed by atoms with Gasteiger partial charge in [-0.25, -0.2) is 9.97 Å². The van der Waals surface area contributed by atoms with E-state index < -0.39 is 0 Å². The van der Waals surface area contributed by atoms with Crippen molar-refractivity contribution in [2.24, 2.45) is 0 Å². The minimum Gasteiger partial charge on any atom is -0.473 e. The van der Waals surface area contributed by atoms with Crippen molar-refractivity contribution in [2.45, 2.75) is 33.6 Å². The van der Waals surface area contributed by atoms with Gasteiger partial charge < -0.3 is 9.47 Å². The maximum absolute atomic E-state index is 5.92. The van der Waals surface area contributed by atoms with Gasteiger partial charge in [0.05, 0.1) is 18.0 Å². The van der Waals surface area contributed by atoms with Gasteiger partial charge in [0.25, 0.3) is 5.88 Å². The van der Waals surface area contributed by atoms with Gasteiger partial charge in [-0.15, -0.1) is 0 Å². The van der Waals surface area contributed by atoms with Crippen molar-refractivity contribution >= 4 is 11.6 Å². The third-order valence-electron chi connectivity index (χ3n) is 2.34. The van der Waals surface area contributed by atoms with Crippen LogP contribution in [0.15, 0.2) is 0 Å². The van der Waals surface area contributed by atoms with Crippen LogP contribution in [0.2, 0.25) is 5.15 Å². The van der Waals surface area contributed by atoms with Crippen molar-refractivity contribution in [1.29, 1.82) is 0 Å². The van der Waals surface area contributed by atoms with Crippen molar-refractivity contribution < 1.29 is 9.47 Å². The van der Waals surface area contributed by atoms with Crippen LogP contribution in [0.1, 0.15) is 31.2 Å². The lowest BCUT2D eigenvalue weighted by Crippen LogP contribution is -2.09. The zero-order chi connectivity index (χ0) is 12.7. The molecule has 0 spiro atoms. The van der Waals surface area contributed by atoms with E-state index in [9.17, 15) is 0 Å². The normalized spacial score (nSPS) is 10.6. The first kappa shape index (κ1) is 14.2. The van der Waals surface area contributed by atoms with Crippen LogP contribution in [-0.4, -0.2) is 29.8 Å². The highest BCUT2D eigenvalue weighted by molar-refractivity contribution is 6.30. The summed E-state index contributed by atoms with van der Waals surface area (Å²) in [5.41, 5.74) is 1.65. The van der Waals surface area contributed by atoms with E-state index in [4.69, 9.17) is 21.1 Å². The summed E-state index contributed by atoms with van der Waals surface area (Å²) < 4.78 is 10.8. The van der Waals surface area contributed by atoms with Crippen LogP contribution < -0.4 is 4.74 Å². The Morgan fingerprint density at radius 2 is 1.76 bits per heavy atom. The number of unbranched alkanes of at least 4 members (excludes halogenated alkanes) is 1. The van der Waals surface area contributed by atoms with Gasteiger partial charge >= 0.3 is 0 Å². The summed E-state index contributed by atoms with van der Waals surface area (Å²) in [6, 6.07) is 0. The Hall–Kier alpha value is -0.870. The zero-order valence-corrected chi connectivity index (χ0v) is 11.4. The quantitative estimate of drug-likeness (QED) is 0.706. The molecule has 0 radical (unpaired) electrons. The molecule has 0 atom stereocenters. The number of rotatable bonds is 7. The molecule has 4 nitrogen and oxygen atoms in total. The lowest BCUT2D eigenvalue weighted by Gasteiger charge is -2.08. The summed E-state index contributed by atoms with van der Waals surface area (Å²) in [7, 11) is 0. The van der Waals surface area contributed by atoms with Gasteiger partial charge in [-0.1, -0.05) is 24.9 Å². The van der Waals surface area contributed by atoms with Crippen LogP contribution in [0.25, 0.3) is 0 Å². The highest BCUT2D eigenvalue weighted by Crippen LogP contribution is 2.20. The van der Waals surface area contributed by atoms with E-state index in [0.29, 0.717) is 24.2 Å². The molecule has 0 N–H and O–H groups in total. The van der Waals surface area contributed by atoms with Gasteiger partial charge in [0.1, 0.15) is 6.61 Å². The second-order valence-electron chi connectivity index (χ2n) is 3.80. The fourth-order valence-electron chi connectivity index (χ4n) is 1.19. The van der Waals surface area contributed by atoms with Crippen molar-refractivity contribution in [3.63, 3.8) is 0 Å². The van der Waals surface area contributed by atoms with Crippen molar-refractivity contribution in [3.05, 3.63) is 16.5 Å². The standard InChI is InChI=1S/C12H19ClN2O2/c1-4-5-6-16-7-8-17-12-11(13)14-9(2)10(3)15-12/h4-8H2,1-3H3. The molecule has 17 heavy (non-hydrogen) atoms. The number of ether oxygens (including phenoxy) is 2. The molecule has 1 aromatic heterocycles. The van der Waals surface area contributed by atoms with E-state index in [2.05, 4.69) is 16.9 Å². The molecule has 0 aromatic carbocycles. The third kappa shape index (κ3) is 4.88. The molecule has 1 aromatic rings. The minimum absolute atomic E-state index is 0.307. The second-order valence-corrected chi connectivity index (χ2v) is 4.16. The number of hydrogen-bond donors (Lipinski definition) is 0. The molecule has 0 bridgehead atoms. The van der Waals surface area contributed by atoms with E-state index in [1.807, 2.05) is 13.8 Å². The largest absolute Gasteiger partial charge is 0.473 e. The Labute approximate surface area is 107 Å². The zero-order valence-electron chi connectivity index (χ0n) is 10.6. The smallest absolute Gasteiger partial charge is 0.252 e. The summed E-state index contributed by atoms with van der Waals surface area (Å²) in [4.78, 5) is 8.37. The van der Waals surface area contributed by atoms with Crippen molar-refractivity contribution in [2.75, 3.05) is 19.8 Å². The van der Waals surface area contributed by atoms with Gasteiger partial charge in [-0.2, -0.15) is 0 Å². The molecule has 0 saturated carbocycles. The van der Waals surface area contributed by atoms with Crippen LogP contribution in [-0.2, 0) is 4.74 Å². The van der Waals surface area contributed by atoms with E-state index in [0.717, 1.165) is 30.8 Å². The van der Waals surface area contributed by atoms with Crippen molar-refractivity contribution in [3.8, 4) is 5.88 Å². The van der Waals surface area contributed by atoms with E-state index in [-0.39, 0.29) is 0 Å². The molecule has 0 saturated heterocycles. The fourth-order valence-corrected chi connectivity index (χ4v) is 1.42. The molecule has 0 aliphatic carbocycles. The number of hydrogen-bond acceptors (Lipinski definition) is 4. The van der Waals surface area contributed by atoms with Gasteiger partial charge in [0.15, 0.2) is 5.15 Å². The molecular weight excluding hydrogens is 240 g/mol. The third-order valence-corrected chi connectivity index (χ3v) is 2.59. The molecule has 1 heterocycles. The maximum atomic E-state index is 5.92. The first-order chi connectivity index (χ1) is 8.15. The summed E-state index contributed by atoms with van der Waals surface area (Å²) in [6.45, 7) is 7.64. The van der Waals surface area contributed by atoms with Gasteiger partial charge in [0.2, 0.25) is 0 Å². The fraction of sp³-hybridized carbons (Fsp3) is 0.667. The second kappa shape index (κ2) is 7.45. The molecule has 0 amide bonds. The molecule has 0 aliphatic heterocycles. The Morgan fingerprint density at radius 1 is 1.06 bits per heavy atom. The Morgan fingerprint density at radius 3 is 2.47 bits per heavy atom. The minimum atomic E-state index is 0.307. The highest BCUT2D eigenvalue weighted by atomic mass is 35.5. The molecule has 5 heteroatoms. The predicted octanol–water partition coefficient (Wildman–Crippen LogP) is 2.94.